The van der Waals surface area contributed by atoms with Crippen molar-refractivity contribution in [3.63, 3.8) is 0 Å². The van der Waals surface area contributed by atoms with E-state index in [1.165, 1.54) is 199 Å². The van der Waals surface area contributed by atoms with Gasteiger partial charge in [-0.15, -0.1) is 0 Å². The summed E-state index contributed by atoms with van der Waals surface area (Å²) in [6.07, 6.45) is 39.0. The van der Waals surface area contributed by atoms with Crippen LogP contribution in [0.3, 0.4) is 0 Å². The monoisotopic (exact) mass is 917 g/mol. The maximum Gasteiger partial charge on any atom is 0.256 e. The molecule has 63 heavy (non-hydrogen) atoms. The second-order valence-electron chi connectivity index (χ2n) is 19.1. The fourth-order valence-corrected chi connectivity index (χ4v) is 8.97. The number of thiocarbonyl (C=S) groups is 1. The van der Waals surface area contributed by atoms with Crippen molar-refractivity contribution in [2.45, 2.75) is 300 Å². The van der Waals surface area contributed by atoms with Crippen molar-refractivity contribution < 1.29 is 39.7 Å². The third kappa shape index (κ3) is 33.5. The molecule has 1 fully saturated rings. The number of aliphatic hydroxyl groups is 5. The average Bonchev–Trinajstić information content (AvgIpc) is 3.29. The molecule has 0 spiro atoms. The predicted octanol–water partition coefficient (Wildman–Crippen LogP) is 11.5. The van der Waals surface area contributed by atoms with Crippen LogP contribution in [-0.2, 0) is 14.2 Å². The van der Waals surface area contributed by atoms with E-state index >= 15 is 0 Å². The smallest absolute Gasteiger partial charge is 0.256 e. The molecular formula is C52H104N2O8S. The van der Waals surface area contributed by atoms with Crippen molar-refractivity contribution in [3.05, 3.63) is 0 Å². The van der Waals surface area contributed by atoms with Crippen molar-refractivity contribution in [1.82, 2.24) is 10.6 Å². The van der Waals surface area contributed by atoms with Gasteiger partial charge in [0.25, 0.3) is 5.17 Å². The first-order chi connectivity index (χ1) is 30.8. The summed E-state index contributed by atoms with van der Waals surface area (Å²) in [6.45, 7) is 4.99. The van der Waals surface area contributed by atoms with E-state index in [1.54, 1.807) is 7.05 Å². The quantitative estimate of drug-likeness (QED) is 0.0231. The molecular weight excluding hydrogens is 813 g/mol. The molecule has 376 valence electrons. The van der Waals surface area contributed by atoms with E-state index in [1.807, 2.05) is 0 Å². The highest BCUT2D eigenvalue weighted by Gasteiger charge is 2.45. The second kappa shape index (κ2) is 43.9. The molecule has 11 heteroatoms. The van der Waals surface area contributed by atoms with Crippen LogP contribution in [0.4, 0.5) is 0 Å². The van der Waals surface area contributed by atoms with Gasteiger partial charge in [0.2, 0.25) is 0 Å². The Hall–Kier alpha value is -0.630. The summed E-state index contributed by atoms with van der Waals surface area (Å²) in [4.78, 5) is 0. The fraction of sp³-hybridized carbons (Fsp3) is 0.981. The van der Waals surface area contributed by atoms with Gasteiger partial charge in [-0.1, -0.05) is 239 Å². The molecule has 0 amide bonds. The molecule has 1 saturated heterocycles. The van der Waals surface area contributed by atoms with Gasteiger partial charge in [-0.3, -0.25) is 0 Å². The Kier molecular flexibility index (Phi) is 42.1. The SMILES string of the molecule is CCCCCCCCCCCCCCCCCCCCCCCCCCN[C@@H](CO[C@H]1O[C@H](COC(=S)NC)[C@H](O)[C@H](O)[C@H]1O)[C@H](O)[C@H](O)CCCCCCCCCCCCCC. The predicted molar refractivity (Wildman–Crippen MR) is 266 cm³/mol. The Balaban J connectivity index is 2.32. The molecule has 0 saturated carbocycles. The molecule has 0 bridgehead atoms. The van der Waals surface area contributed by atoms with Crippen molar-refractivity contribution >= 4 is 17.4 Å². The van der Waals surface area contributed by atoms with E-state index < -0.39 is 49.0 Å². The Bertz CT molecular complexity index is 984. The number of hydrogen-bond acceptors (Lipinski definition) is 10. The van der Waals surface area contributed by atoms with Crippen LogP contribution in [0.1, 0.15) is 251 Å². The molecule has 8 atom stereocenters. The van der Waals surface area contributed by atoms with Gasteiger partial charge in [-0.05, 0) is 31.6 Å². The van der Waals surface area contributed by atoms with Gasteiger partial charge in [0.05, 0.1) is 24.9 Å². The largest absolute Gasteiger partial charge is 0.468 e. The van der Waals surface area contributed by atoms with Crippen LogP contribution in [0.2, 0.25) is 0 Å². The van der Waals surface area contributed by atoms with Crippen LogP contribution in [-0.4, -0.2) is 106 Å². The van der Waals surface area contributed by atoms with E-state index in [0.717, 1.165) is 32.1 Å². The molecule has 1 aliphatic rings. The number of nitrogens with one attached hydrogen (secondary N) is 2. The van der Waals surface area contributed by atoms with Gasteiger partial charge in [0.15, 0.2) is 6.29 Å². The van der Waals surface area contributed by atoms with Gasteiger partial charge in [0, 0.05) is 7.05 Å². The Morgan fingerprint density at radius 3 is 1.27 bits per heavy atom. The standard InChI is InChI=1S/C52H104N2O8S/c1-4-6-8-10-12-14-16-18-19-20-21-22-23-24-25-26-27-28-29-31-33-35-37-39-41-54-44(42-60-51-50(59)49(58)48(57)46(62-51)43-61-52(63)53-3)47(56)45(55)40-38-36-34-32-30-17-15-13-11-9-7-5-2/h44-51,54-59H,4-43H2,1-3H3,(H,53,63)/t44-,45+,46+,47-,48-,49-,50+,51-/m0/s1. The number of hydrogen-bond donors (Lipinski definition) is 7. The van der Waals surface area contributed by atoms with Gasteiger partial charge in [-0.2, -0.15) is 0 Å². The molecule has 0 unspecified atom stereocenters. The average molecular weight is 917 g/mol. The molecule has 0 aromatic carbocycles. The van der Waals surface area contributed by atoms with E-state index in [4.69, 9.17) is 26.4 Å². The lowest BCUT2D eigenvalue weighted by Gasteiger charge is -2.40. The summed E-state index contributed by atoms with van der Waals surface area (Å²) in [7, 11) is 1.61. The molecule has 0 aromatic rings. The highest BCUT2D eigenvalue weighted by atomic mass is 32.1. The van der Waals surface area contributed by atoms with Crippen molar-refractivity contribution in [3.8, 4) is 0 Å². The lowest BCUT2D eigenvalue weighted by atomic mass is 9.98. The van der Waals surface area contributed by atoms with Gasteiger partial charge < -0.3 is 50.4 Å². The zero-order chi connectivity index (χ0) is 46.0. The molecule has 10 nitrogen and oxygen atoms in total. The first-order valence-electron chi connectivity index (χ1n) is 27.0. The summed E-state index contributed by atoms with van der Waals surface area (Å²) >= 11 is 5.02. The number of rotatable bonds is 46. The number of aliphatic hydroxyl groups excluding tert-OH is 5. The normalized spacial score (nSPS) is 20.5. The molecule has 0 radical (unpaired) electrons. The summed E-state index contributed by atoms with van der Waals surface area (Å²) in [5, 5.41) is 60.3. The molecule has 7 N–H and O–H groups in total. The molecule has 1 rings (SSSR count). The van der Waals surface area contributed by atoms with E-state index in [0.29, 0.717) is 13.0 Å². The first-order valence-corrected chi connectivity index (χ1v) is 27.4. The highest BCUT2D eigenvalue weighted by molar-refractivity contribution is 7.80. The maximum absolute atomic E-state index is 11.3. The fourth-order valence-electron chi connectivity index (χ4n) is 8.91. The van der Waals surface area contributed by atoms with E-state index in [2.05, 4.69) is 24.5 Å². The Morgan fingerprint density at radius 2 is 0.889 bits per heavy atom. The third-order valence-corrected chi connectivity index (χ3v) is 13.6. The van der Waals surface area contributed by atoms with E-state index in [9.17, 15) is 25.5 Å². The van der Waals surface area contributed by atoms with Crippen LogP contribution in [0.15, 0.2) is 0 Å². The lowest BCUT2D eigenvalue weighted by molar-refractivity contribution is -0.302. The number of ether oxygens (including phenoxy) is 3. The summed E-state index contributed by atoms with van der Waals surface area (Å²) < 4.78 is 17.1. The molecule has 0 aliphatic carbocycles. The molecule has 1 aliphatic heterocycles. The summed E-state index contributed by atoms with van der Waals surface area (Å²) in [5.74, 6) is 0. The van der Waals surface area contributed by atoms with Crippen LogP contribution in [0, 0.1) is 0 Å². The Labute approximate surface area is 393 Å². The third-order valence-electron chi connectivity index (χ3n) is 13.3. The number of unbranched alkanes of at least 4 members (excludes halogenated alkanes) is 34. The van der Waals surface area contributed by atoms with Crippen LogP contribution < -0.4 is 10.6 Å². The van der Waals surface area contributed by atoms with Crippen molar-refractivity contribution in [2.24, 2.45) is 0 Å². The minimum absolute atomic E-state index is 0.0664. The molecule has 1 heterocycles. The van der Waals surface area contributed by atoms with Gasteiger partial charge in [0.1, 0.15) is 31.0 Å². The van der Waals surface area contributed by atoms with Crippen LogP contribution in [0.5, 0.6) is 0 Å². The zero-order valence-corrected chi connectivity index (χ0v) is 42.1. The first kappa shape index (κ1) is 60.4. The van der Waals surface area contributed by atoms with Crippen LogP contribution in [0.25, 0.3) is 0 Å². The molecule has 0 aromatic heterocycles. The van der Waals surface area contributed by atoms with Crippen molar-refractivity contribution in [1.29, 1.82) is 0 Å². The minimum Gasteiger partial charge on any atom is -0.468 e. The van der Waals surface area contributed by atoms with Gasteiger partial charge in [-0.25, -0.2) is 0 Å². The minimum atomic E-state index is -1.52. The van der Waals surface area contributed by atoms with E-state index in [-0.39, 0.29) is 18.4 Å². The lowest BCUT2D eigenvalue weighted by Crippen LogP contribution is -2.60. The summed E-state index contributed by atoms with van der Waals surface area (Å²) in [6, 6.07) is -0.617. The Morgan fingerprint density at radius 1 is 0.524 bits per heavy atom. The van der Waals surface area contributed by atoms with Crippen molar-refractivity contribution in [2.75, 3.05) is 26.8 Å². The van der Waals surface area contributed by atoms with Crippen LogP contribution >= 0.6 is 12.2 Å². The highest BCUT2D eigenvalue weighted by Crippen LogP contribution is 2.24. The topological polar surface area (TPSA) is 153 Å². The summed E-state index contributed by atoms with van der Waals surface area (Å²) in [5.41, 5.74) is 0. The zero-order valence-electron chi connectivity index (χ0n) is 41.3. The second-order valence-corrected chi connectivity index (χ2v) is 19.5. The maximum atomic E-state index is 11.3. The van der Waals surface area contributed by atoms with Gasteiger partial charge >= 0.3 is 0 Å².